The summed E-state index contributed by atoms with van der Waals surface area (Å²) in [5, 5.41) is 13.9. The van der Waals surface area contributed by atoms with E-state index in [0.29, 0.717) is 17.4 Å². The maximum atomic E-state index is 13.0. The van der Waals surface area contributed by atoms with Crippen molar-refractivity contribution in [2.24, 2.45) is 0 Å². The summed E-state index contributed by atoms with van der Waals surface area (Å²) in [5.41, 5.74) is 0. The number of quaternary nitrogens is 1. The van der Waals surface area contributed by atoms with E-state index >= 15 is 0 Å². The van der Waals surface area contributed by atoms with Crippen LogP contribution in [0.5, 0.6) is 0 Å². The van der Waals surface area contributed by atoms with Gasteiger partial charge in [-0.15, -0.1) is 0 Å². The zero-order valence-corrected chi connectivity index (χ0v) is 52.6. The standard InChI is InChI=1S/C68H129N2O6P/c1-6-8-10-12-14-16-18-20-22-24-25-26-27-28-29-30-31-32-33-34-35-36-37-38-39-40-41-42-43-44-45-46-48-50-52-54-56-58-60-62-68(72)69-66(65-76-77(73,74)75-64-63-70(3,4)5)67(71)61-59-57-55-53-51-49-47-23-21-19-17-15-13-11-9-7-2/h18,20,24-25,27-28,51,53,59,61,66-67,71H,6-17,19,21-23,26,29-50,52,54-58,60,62-65H2,1-5H3,(H-,69,72,73,74)/b20-18-,25-24-,28-27-,53-51+,61-59+. The predicted molar refractivity (Wildman–Crippen MR) is 334 cm³/mol. The van der Waals surface area contributed by atoms with E-state index in [1.54, 1.807) is 6.08 Å². The number of allylic oxidation sites excluding steroid dienone is 9. The van der Waals surface area contributed by atoms with E-state index in [-0.39, 0.29) is 12.5 Å². The zero-order valence-electron chi connectivity index (χ0n) is 51.7. The summed E-state index contributed by atoms with van der Waals surface area (Å²) < 4.78 is 23.4. The second-order valence-electron chi connectivity index (χ2n) is 23.8. The molecule has 1 amide bonds. The lowest BCUT2D eigenvalue weighted by Crippen LogP contribution is -2.45. The number of carbonyl (C=O) groups is 1. The molecule has 77 heavy (non-hydrogen) atoms. The molecule has 0 saturated heterocycles. The van der Waals surface area contributed by atoms with Gasteiger partial charge in [0.1, 0.15) is 13.2 Å². The van der Waals surface area contributed by atoms with E-state index in [1.807, 2.05) is 27.2 Å². The highest BCUT2D eigenvalue weighted by Gasteiger charge is 2.23. The minimum atomic E-state index is -4.61. The van der Waals surface area contributed by atoms with Gasteiger partial charge in [-0.05, 0) is 70.6 Å². The fourth-order valence-electron chi connectivity index (χ4n) is 9.77. The maximum absolute atomic E-state index is 13.0. The first kappa shape index (κ1) is 75.2. The van der Waals surface area contributed by atoms with E-state index in [4.69, 9.17) is 9.05 Å². The number of carbonyl (C=O) groups excluding carboxylic acids is 1. The van der Waals surface area contributed by atoms with E-state index in [9.17, 15) is 19.4 Å². The average molecular weight is 1100 g/mol. The third-order valence-corrected chi connectivity index (χ3v) is 15.9. The van der Waals surface area contributed by atoms with Crippen molar-refractivity contribution in [2.75, 3.05) is 40.9 Å². The van der Waals surface area contributed by atoms with Gasteiger partial charge in [0.05, 0.1) is 39.9 Å². The van der Waals surface area contributed by atoms with Gasteiger partial charge in [-0.1, -0.05) is 299 Å². The molecule has 9 heteroatoms. The molecule has 0 aliphatic rings. The lowest BCUT2D eigenvalue weighted by molar-refractivity contribution is -0.870. The van der Waals surface area contributed by atoms with Gasteiger partial charge in [-0.2, -0.15) is 0 Å². The van der Waals surface area contributed by atoms with Crippen LogP contribution in [0.2, 0.25) is 0 Å². The molecule has 0 bridgehead atoms. The molecule has 0 aromatic heterocycles. The van der Waals surface area contributed by atoms with E-state index < -0.39 is 26.6 Å². The van der Waals surface area contributed by atoms with Gasteiger partial charge < -0.3 is 28.8 Å². The maximum Gasteiger partial charge on any atom is 0.268 e. The SMILES string of the molecule is CCCCCCC/C=C\C/C=C\C/C=C\CCCCCCCCCCCCCCCCCCCCCCCCCCC(=O)NC(COP(=O)([O-])OCC[N+](C)(C)C)C(O)/C=C/CC/C=C/CCCCCCCCCCCC. The summed E-state index contributed by atoms with van der Waals surface area (Å²) in [5.74, 6) is -0.203. The number of aliphatic hydroxyl groups is 1. The lowest BCUT2D eigenvalue weighted by Gasteiger charge is -2.29. The second kappa shape index (κ2) is 58.8. The van der Waals surface area contributed by atoms with Crippen molar-refractivity contribution in [3.8, 4) is 0 Å². The first-order chi connectivity index (χ1) is 37.5. The number of nitrogens with one attached hydrogen (secondary N) is 1. The molecule has 0 rings (SSSR count). The number of nitrogens with zero attached hydrogens (tertiary/aromatic N) is 1. The molecule has 3 unspecified atom stereocenters. The Morgan fingerprint density at radius 3 is 1.14 bits per heavy atom. The molecule has 0 saturated carbocycles. The number of hydrogen-bond acceptors (Lipinski definition) is 6. The van der Waals surface area contributed by atoms with Crippen molar-refractivity contribution < 1.29 is 32.9 Å². The minimum Gasteiger partial charge on any atom is -0.756 e. The third-order valence-electron chi connectivity index (χ3n) is 14.9. The molecule has 3 atom stereocenters. The number of rotatable bonds is 61. The number of phosphoric acid groups is 1. The van der Waals surface area contributed by atoms with Crippen LogP contribution in [0.15, 0.2) is 60.8 Å². The molecular formula is C68H129N2O6P. The lowest BCUT2D eigenvalue weighted by atomic mass is 10.0. The van der Waals surface area contributed by atoms with Gasteiger partial charge in [-0.3, -0.25) is 9.36 Å². The fraction of sp³-hybridized carbons (Fsp3) is 0.838. The normalized spacial score (nSPS) is 14.1. The van der Waals surface area contributed by atoms with Crippen LogP contribution in [0.1, 0.15) is 316 Å². The molecule has 0 aliphatic carbocycles. The largest absolute Gasteiger partial charge is 0.756 e. The average Bonchev–Trinajstić information content (AvgIpc) is 3.39. The first-order valence-corrected chi connectivity index (χ1v) is 34.6. The molecule has 452 valence electrons. The fourth-order valence-corrected chi connectivity index (χ4v) is 10.5. The number of likely N-dealkylation sites (N-methyl/N-ethyl adjacent to an activating group) is 1. The molecule has 0 heterocycles. The monoisotopic (exact) mass is 1100 g/mol. The molecule has 0 radical (unpaired) electrons. The van der Waals surface area contributed by atoms with Crippen LogP contribution >= 0.6 is 7.82 Å². The molecule has 0 aliphatic heterocycles. The summed E-state index contributed by atoms with van der Waals surface area (Å²) >= 11 is 0. The van der Waals surface area contributed by atoms with Crippen molar-refractivity contribution in [1.82, 2.24) is 5.32 Å². The van der Waals surface area contributed by atoms with Crippen molar-refractivity contribution >= 4 is 13.7 Å². The van der Waals surface area contributed by atoms with Gasteiger partial charge >= 0.3 is 0 Å². The summed E-state index contributed by atoms with van der Waals surface area (Å²) in [6.45, 7) is 4.64. The minimum absolute atomic E-state index is 0.00576. The Morgan fingerprint density at radius 2 is 0.766 bits per heavy atom. The molecule has 0 spiro atoms. The van der Waals surface area contributed by atoms with Crippen LogP contribution in [-0.4, -0.2) is 68.5 Å². The summed E-state index contributed by atoms with van der Waals surface area (Å²) in [6.07, 6.45) is 80.6. The molecular weight excluding hydrogens is 972 g/mol. The Kier molecular flexibility index (Phi) is 57.5. The first-order valence-electron chi connectivity index (χ1n) is 33.2. The highest BCUT2D eigenvalue weighted by molar-refractivity contribution is 7.45. The number of phosphoric ester groups is 1. The summed E-state index contributed by atoms with van der Waals surface area (Å²) in [4.78, 5) is 25.5. The third kappa shape index (κ3) is 61.7. The predicted octanol–water partition coefficient (Wildman–Crippen LogP) is 20.2. The van der Waals surface area contributed by atoms with Crippen LogP contribution in [-0.2, 0) is 18.4 Å². The number of aliphatic hydroxyl groups excluding tert-OH is 1. The Labute approximate surface area is 479 Å². The van der Waals surface area contributed by atoms with Gasteiger partial charge in [0, 0.05) is 6.42 Å². The van der Waals surface area contributed by atoms with Crippen molar-refractivity contribution in [1.29, 1.82) is 0 Å². The quantitative estimate of drug-likeness (QED) is 0.0272. The van der Waals surface area contributed by atoms with Crippen molar-refractivity contribution in [2.45, 2.75) is 328 Å². The Balaban J connectivity index is 3.94. The van der Waals surface area contributed by atoms with Crippen LogP contribution < -0.4 is 10.2 Å². The highest BCUT2D eigenvalue weighted by atomic mass is 31.2. The van der Waals surface area contributed by atoms with Gasteiger partial charge in [0.15, 0.2) is 0 Å². The summed E-state index contributed by atoms with van der Waals surface area (Å²) in [6, 6.07) is -0.903. The van der Waals surface area contributed by atoms with Crippen LogP contribution in [0, 0.1) is 0 Å². The van der Waals surface area contributed by atoms with Crippen LogP contribution in [0.3, 0.4) is 0 Å². The molecule has 2 N–H and O–H groups in total. The highest BCUT2D eigenvalue weighted by Crippen LogP contribution is 2.38. The van der Waals surface area contributed by atoms with Crippen LogP contribution in [0.4, 0.5) is 0 Å². The molecule has 0 aromatic rings. The van der Waals surface area contributed by atoms with Crippen molar-refractivity contribution in [3.63, 3.8) is 0 Å². The Bertz CT molecular complexity index is 1440. The molecule has 0 fully saturated rings. The molecule has 8 nitrogen and oxygen atoms in total. The van der Waals surface area contributed by atoms with E-state index in [1.165, 1.54) is 244 Å². The van der Waals surface area contributed by atoms with Gasteiger partial charge in [-0.25, -0.2) is 0 Å². The Morgan fingerprint density at radius 1 is 0.455 bits per heavy atom. The summed E-state index contributed by atoms with van der Waals surface area (Å²) in [7, 11) is 1.25. The van der Waals surface area contributed by atoms with Crippen LogP contribution in [0.25, 0.3) is 0 Å². The number of amides is 1. The van der Waals surface area contributed by atoms with Crippen molar-refractivity contribution in [3.05, 3.63) is 60.8 Å². The molecule has 0 aromatic carbocycles. The number of unbranched alkanes of at least 4 members (excludes halogenated alkanes) is 40. The van der Waals surface area contributed by atoms with E-state index in [2.05, 4.69) is 67.8 Å². The van der Waals surface area contributed by atoms with Gasteiger partial charge in [0.2, 0.25) is 5.91 Å². The topological polar surface area (TPSA) is 108 Å². The smallest absolute Gasteiger partial charge is 0.268 e. The second-order valence-corrected chi connectivity index (χ2v) is 25.2. The Hall–Kier alpha value is -1.80. The number of hydrogen-bond donors (Lipinski definition) is 2. The van der Waals surface area contributed by atoms with Gasteiger partial charge in [0.25, 0.3) is 7.82 Å². The zero-order chi connectivity index (χ0) is 56.3. The van der Waals surface area contributed by atoms with E-state index in [0.717, 1.165) is 51.4 Å².